The van der Waals surface area contributed by atoms with Crippen molar-refractivity contribution in [2.45, 2.75) is 19.9 Å². The molecule has 0 fully saturated rings. The molecule has 0 radical (unpaired) electrons. The Kier molecular flexibility index (Phi) is 1.47. The van der Waals surface area contributed by atoms with Gasteiger partial charge in [-0.05, 0) is 25.5 Å². The monoisotopic (exact) mass is 159 g/mol. The van der Waals surface area contributed by atoms with Gasteiger partial charge in [0.25, 0.3) is 0 Å². The van der Waals surface area contributed by atoms with E-state index in [-0.39, 0.29) is 0 Å². The van der Waals surface area contributed by atoms with Crippen molar-refractivity contribution in [2.75, 3.05) is 0 Å². The van der Waals surface area contributed by atoms with Crippen molar-refractivity contribution in [3.05, 3.63) is 41.5 Å². The van der Waals surface area contributed by atoms with Gasteiger partial charge in [0.2, 0.25) is 0 Å². The van der Waals surface area contributed by atoms with Crippen LogP contribution in [0.2, 0.25) is 0 Å². The van der Waals surface area contributed by atoms with Crippen LogP contribution in [0, 0.1) is 6.92 Å². The highest BCUT2D eigenvalue weighted by molar-refractivity contribution is 5.70. The highest BCUT2D eigenvalue weighted by Crippen LogP contribution is 2.31. The lowest BCUT2D eigenvalue weighted by atomic mass is 10.0. The predicted octanol–water partition coefficient (Wildman–Crippen LogP) is 2.63. The van der Waals surface area contributed by atoms with Crippen LogP contribution in [0.1, 0.15) is 29.7 Å². The highest BCUT2D eigenvalue weighted by atomic mass is 14.9. The van der Waals surface area contributed by atoms with Crippen molar-refractivity contribution in [3.63, 3.8) is 0 Å². The topological polar surface area (TPSA) is 12.0 Å². The Morgan fingerprint density at radius 3 is 2.92 bits per heavy atom. The van der Waals surface area contributed by atoms with Crippen molar-refractivity contribution in [1.82, 2.24) is 5.32 Å². The third kappa shape index (κ3) is 0.934. The average molecular weight is 159 g/mol. The first-order valence-electron chi connectivity index (χ1n) is 4.25. The molecule has 2 rings (SSSR count). The molecule has 1 atom stereocenters. The fourth-order valence-corrected chi connectivity index (χ4v) is 1.73. The molecule has 0 spiro atoms. The molecule has 62 valence electrons. The highest BCUT2D eigenvalue weighted by Gasteiger charge is 2.19. The summed E-state index contributed by atoms with van der Waals surface area (Å²) in [6.45, 7) is 8.24. The van der Waals surface area contributed by atoms with Gasteiger partial charge < -0.3 is 5.32 Å². The van der Waals surface area contributed by atoms with Crippen molar-refractivity contribution >= 4 is 5.70 Å². The lowest BCUT2D eigenvalue weighted by molar-refractivity contribution is 0.737. The SMILES string of the molecule is C=C1NC(C)c2ccc(C)cc21. The molecule has 0 amide bonds. The summed E-state index contributed by atoms with van der Waals surface area (Å²) in [7, 11) is 0. The number of rotatable bonds is 0. The van der Waals surface area contributed by atoms with Crippen LogP contribution >= 0.6 is 0 Å². The summed E-state index contributed by atoms with van der Waals surface area (Å²) in [5.41, 5.74) is 5.00. The van der Waals surface area contributed by atoms with E-state index in [0.29, 0.717) is 6.04 Å². The van der Waals surface area contributed by atoms with Crippen LogP contribution in [0.15, 0.2) is 24.8 Å². The molecule has 0 bridgehead atoms. The Morgan fingerprint density at radius 2 is 2.17 bits per heavy atom. The van der Waals surface area contributed by atoms with Gasteiger partial charge in [0.15, 0.2) is 0 Å². The third-order valence-electron chi connectivity index (χ3n) is 2.39. The summed E-state index contributed by atoms with van der Waals surface area (Å²) in [6.07, 6.45) is 0. The Balaban J connectivity index is 2.60. The fraction of sp³-hybridized carbons (Fsp3) is 0.273. The van der Waals surface area contributed by atoms with Crippen LogP contribution < -0.4 is 5.32 Å². The molecule has 1 aliphatic heterocycles. The second kappa shape index (κ2) is 2.37. The lowest BCUT2D eigenvalue weighted by Crippen LogP contribution is -2.05. The minimum absolute atomic E-state index is 0.424. The first-order valence-corrected chi connectivity index (χ1v) is 4.25. The van der Waals surface area contributed by atoms with Crippen LogP contribution in [-0.2, 0) is 0 Å². The molecule has 0 saturated heterocycles. The molecule has 1 heteroatoms. The van der Waals surface area contributed by atoms with Gasteiger partial charge in [-0.25, -0.2) is 0 Å². The van der Waals surface area contributed by atoms with Crippen LogP contribution in [-0.4, -0.2) is 0 Å². The maximum absolute atomic E-state index is 3.98. The number of hydrogen-bond donors (Lipinski definition) is 1. The number of benzene rings is 1. The molecule has 1 unspecified atom stereocenters. The van der Waals surface area contributed by atoms with Gasteiger partial charge in [0.05, 0.1) is 0 Å². The fourth-order valence-electron chi connectivity index (χ4n) is 1.73. The molecule has 1 N–H and O–H groups in total. The van der Waals surface area contributed by atoms with E-state index >= 15 is 0 Å². The first-order chi connectivity index (χ1) is 5.68. The quantitative estimate of drug-likeness (QED) is 0.613. The van der Waals surface area contributed by atoms with E-state index in [0.717, 1.165) is 5.70 Å². The molecular weight excluding hydrogens is 146 g/mol. The van der Waals surface area contributed by atoms with Crippen molar-refractivity contribution < 1.29 is 0 Å². The largest absolute Gasteiger partial charge is 0.378 e. The molecule has 1 aliphatic rings. The molecule has 0 aromatic heterocycles. The first kappa shape index (κ1) is 7.41. The molecule has 0 saturated carbocycles. The Bertz CT molecular complexity index is 339. The zero-order valence-corrected chi connectivity index (χ0v) is 7.52. The van der Waals surface area contributed by atoms with Crippen molar-refractivity contribution in [2.24, 2.45) is 0 Å². The molecule has 0 aliphatic carbocycles. The van der Waals surface area contributed by atoms with Gasteiger partial charge in [-0.2, -0.15) is 0 Å². The summed E-state index contributed by atoms with van der Waals surface area (Å²) >= 11 is 0. The number of fused-ring (bicyclic) bond motifs is 1. The van der Waals surface area contributed by atoms with Gasteiger partial charge >= 0.3 is 0 Å². The van der Waals surface area contributed by atoms with Crippen LogP contribution in [0.3, 0.4) is 0 Å². The summed E-state index contributed by atoms with van der Waals surface area (Å²) in [5, 5.41) is 3.31. The van der Waals surface area contributed by atoms with Gasteiger partial charge in [-0.3, -0.25) is 0 Å². The van der Waals surface area contributed by atoms with Crippen molar-refractivity contribution in [3.8, 4) is 0 Å². The maximum Gasteiger partial charge on any atom is 0.0492 e. The van der Waals surface area contributed by atoms with Crippen LogP contribution in [0.25, 0.3) is 5.70 Å². The minimum atomic E-state index is 0.424. The zero-order valence-electron chi connectivity index (χ0n) is 7.52. The Morgan fingerprint density at radius 1 is 1.42 bits per heavy atom. The third-order valence-corrected chi connectivity index (χ3v) is 2.39. The Labute approximate surface area is 73.1 Å². The predicted molar refractivity (Wildman–Crippen MR) is 51.8 cm³/mol. The smallest absolute Gasteiger partial charge is 0.0492 e. The molecule has 1 heterocycles. The van der Waals surface area contributed by atoms with Gasteiger partial charge in [0, 0.05) is 17.3 Å². The van der Waals surface area contributed by atoms with E-state index in [4.69, 9.17) is 0 Å². The zero-order chi connectivity index (χ0) is 8.72. The molecule has 1 aromatic carbocycles. The average Bonchev–Trinajstić information content (AvgIpc) is 2.28. The molecular formula is C11H13N. The number of aryl methyl sites for hydroxylation is 1. The summed E-state index contributed by atoms with van der Waals surface area (Å²) in [5.74, 6) is 0. The molecule has 1 aromatic rings. The van der Waals surface area contributed by atoms with Crippen LogP contribution in [0.5, 0.6) is 0 Å². The maximum atomic E-state index is 3.98. The summed E-state index contributed by atoms with van der Waals surface area (Å²) in [6, 6.07) is 6.94. The standard InChI is InChI=1S/C11H13N/c1-7-4-5-10-8(2)12-9(3)11(10)6-7/h4-6,8,12H,3H2,1-2H3. The number of hydrogen-bond acceptors (Lipinski definition) is 1. The van der Waals surface area contributed by atoms with E-state index in [2.05, 4.69) is 43.9 Å². The van der Waals surface area contributed by atoms with E-state index in [1.54, 1.807) is 0 Å². The molecule has 1 nitrogen and oxygen atoms in total. The molecule has 12 heavy (non-hydrogen) atoms. The Hall–Kier alpha value is -1.24. The lowest BCUT2D eigenvalue weighted by Gasteiger charge is -2.03. The van der Waals surface area contributed by atoms with Crippen LogP contribution in [0.4, 0.5) is 0 Å². The van der Waals surface area contributed by atoms with E-state index < -0.39 is 0 Å². The van der Waals surface area contributed by atoms with Gasteiger partial charge in [-0.1, -0.05) is 24.3 Å². The second-order valence-corrected chi connectivity index (χ2v) is 3.44. The van der Waals surface area contributed by atoms with Crippen molar-refractivity contribution in [1.29, 1.82) is 0 Å². The second-order valence-electron chi connectivity index (χ2n) is 3.44. The number of nitrogens with one attached hydrogen (secondary N) is 1. The summed E-state index contributed by atoms with van der Waals surface area (Å²) in [4.78, 5) is 0. The van der Waals surface area contributed by atoms with E-state index in [9.17, 15) is 0 Å². The van der Waals surface area contributed by atoms with Gasteiger partial charge in [0.1, 0.15) is 0 Å². The normalized spacial score (nSPS) is 20.5. The van der Waals surface area contributed by atoms with E-state index in [1.165, 1.54) is 16.7 Å². The minimum Gasteiger partial charge on any atom is -0.378 e. The summed E-state index contributed by atoms with van der Waals surface area (Å²) < 4.78 is 0. The van der Waals surface area contributed by atoms with E-state index in [1.807, 2.05) is 0 Å². The van der Waals surface area contributed by atoms with Gasteiger partial charge in [-0.15, -0.1) is 0 Å².